The molecule has 2 aromatic carbocycles. The molecule has 0 saturated carbocycles. The minimum absolute atomic E-state index is 0.00665. The summed E-state index contributed by atoms with van der Waals surface area (Å²) in [5.74, 6) is 0.0303. The molecule has 0 atom stereocenters. The molecule has 21 heavy (non-hydrogen) atoms. The second kappa shape index (κ2) is 6.00. The van der Waals surface area contributed by atoms with Crippen LogP contribution in [0.3, 0.4) is 0 Å². The summed E-state index contributed by atoms with van der Waals surface area (Å²) in [7, 11) is 0. The number of anilines is 1. The topological polar surface area (TPSA) is 49.3 Å². The van der Waals surface area contributed by atoms with Crippen molar-refractivity contribution >= 4 is 11.6 Å². The first-order chi connectivity index (χ1) is 9.90. The molecule has 110 valence electrons. The van der Waals surface area contributed by atoms with Gasteiger partial charge in [0.1, 0.15) is 5.75 Å². The quantitative estimate of drug-likeness (QED) is 0.878. The first-order valence-corrected chi connectivity index (χ1v) is 7.10. The van der Waals surface area contributed by atoms with Gasteiger partial charge in [-0.25, -0.2) is 0 Å². The van der Waals surface area contributed by atoms with E-state index in [1.807, 2.05) is 38.1 Å². The van der Waals surface area contributed by atoms with Gasteiger partial charge in [-0.1, -0.05) is 38.1 Å². The molecular weight excluding hydrogens is 262 g/mol. The Morgan fingerprint density at radius 3 is 2.48 bits per heavy atom. The van der Waals surface area contributed by atoms with Crippen molar-refractivity contribution in [3.8, 4) is 5.75 Å². The highest BCUT2D eigenvalue weighted by molar-refractivity contribution is 6.06. The molecule has 3 nitrogen and oxygen atoms in total. The van der Waals surface area contributed by atoms with Crippen molar-refractivity contribution in [1.29, 1.82) is 0 Å². The molecule has 0 aliphatic heterocycles. The van der Waals surface area contributed by atoms with Crippen molar-refractivity contribution in [2.45, 2.75) is 33.6 Å². The number of phenolic OH excluding ortho intramolecular Hbond substituents is 1. The van der Waals surface area contributed by atoms with Gasteiger partial charge in [-0.2, -0.15) is 0 Å². The summed E-state index contributed by atoms with van der Waals surface area (Å²) in [5, 5.41) is 12.9. The molecule has 0 radical (unpaired) electrons. The Hall–Kier alpha value is -2.29. The zero-order valence-corrected chi connectivity index (χ0v) is 12.9. The molecule has 2 aromatic rings. The first kappa shape index (κ1) is 15.1. The fourth-order valence-corrected chi connectivity index (χ4v) is 2.36. The number of nitrogens with one attached hydrogen (secondary N) is 1. The third-order valence-electron chi connectivity index (χ3n) is 3.56. The van der Waals surface area contributed by atoms with Gasteiger partial charge in [-0.05, 0) is 48.6 Å². The zero-order valence-electron chi connectivity index (χ0n) is 12.9. The van der Waals surface area contributed by atoms with Crippen LogP contribution in [0.4, 0.5) is 5.69 Å². The van der Waals surface area contributed by atoms with Gasteiger partial charge in [0.05, 0.1) is 5.56 Å². The summed E-state index contributed by atoms with van der Waals surface area (Å²) < 4.78 is 0. The molecule has 0 heterocycles. The van der Waals surface area contributed by atoms with Gasteiger partial charge in [-0.15, -0.1) is 0 Å². The fraction of sp³-hybridized carbons (Fsp3) is 0.278. The summed E-state index contributed by atoms with van der Waals surface area (Å²) in [5.41, 5.74) is 4.15. The summed E-state index contributed by atoms with van der Waals surface area (Å²) in [6.45, 7) is 8.03. The zero-order chi connectivity index (χ0) is 15.6. The van der Waals surface area contributed by atoms with E-state index in [9.17, 15) is 9.90 Å². The highest BCUT2D eigenvalue weighted by atomic mass is 16.3. The number of para-hydroxylation sites is 1. The molecule has 2 rings (SSSR count). The van der Waals surface area contributed by atoms with Gasteiger partial charge in [0.2, 0.25) is 0 Å². The average Bonchev–Trinajstić information content (AvgIpc) is 2.40. The van der Waals surface area contributed by atoms with Crippen LogP contribution in [0.25, 0.3) is 0 Å². The Morgan fingerprint density at radius 1 is 1.14 bits per heavy atom. The average molecular weight is 283 g/mol. The maximum Gasteiger partial charge on any atom is 0.259 e. The number of aryl methyl sites for hydroxylation is 2. The molecule has 0 saturated heterocycles. The lowest BCUT2D eigenvalue weighted by Gasteiger charge is -2.16. The second-order valence-electron chi connectivity index (χ2n) is 5.67. The van der Waals surface area contributed by atoms with Gasteiger partial charge in [0.25, 0.3) is 5.91 Å². The third-order valence-corrected chi connectivity index (χ3v) is 3.56. The van der Waals surface area contributed by atoms with E-state index in [0.29, 0.717) is 11.5 Å². The van der Waals surface area contributed by atoms with Crippen LogP contribution >= 0.6 is 0 Å². The highest BCUT2D eigenvalue weighted by Gasteiger charge is 2.15. The fourth-order valence-electron chi connectivity index (χ4n) is 2.36. The van der Waals surface area contributed by atoms with Crippen molar-refractivity contribution in [1.82, 2.24) is 0 Å². The Balaban J connectivity index is 2.36. The van der Waals surface area contributed by atoms with Crippen molar-refractivity contribution in [2.75, 3.05) is 5.32 Å². The van der Waals surface area contributed by atoms with E-state index in [2.05, 4.69) is 19.2 Å². The van der Waals surface area contributed by atoms with E-state index in [1.54, 1.807) is 12.1 Å². The van der Waals surface area contributed by atoms with Gasteiger partial charge in [0, 0.05) is 5.69 Å². The Labute approximate surface area is 125 Å². The predicted octanol–water partition coefficient (Wildman–Crippen LogP) is 4.38. The standard InChI is InChI=1S/C18H21NO2/c1-11(2)14-7-5-6-13(4)17(14)19-18(21)15-9-8-12(3)10-16(15)20/h5-11,20H,1-4H3,(H,19,21). The van der Waals surface area contributed by atoms with Crippen molar-refractivity contribution < 1.29 is 9.90 Å². The van der Waals surface area contributed by atoms with Crippen LogP contribution in [0.2, 0.25) is 0 Å². The number of hydrogen-bond donors (Lipinski definition) is 2. The minimum atomic E-state index is -0.288. The van der Waals surface area contributed by atoms with Crippen molar-refractivity contribution in [3.63, 3.8) is 0 Å². The van der Waals surface area contributed by atoms with Crippen LogP contribution in [-0.2, 0) is 0 Å². The molecule has 0 aliphatic carbocycles. The SMILES string of the molecule is Cc1ccc(C(=O)Nc2c(C)cccc2C(C)C)c(O)c1. The number of aromatic hydroxyl groups is 1. The lowest BCUT2D eigenvalue weighted by molar-refractivity contribution is 0.102. The first-order valence-electron chi connectivity index (χ1n) is 7.10. The number of amides is 1. The second-order valence-corrected chi connectivity index (χ2v) is 5.67. The molecule has 0 unspecified atom stereocenters. The van der Waals surface area contributed by atoms with E-state index in [-0.39, 0.29) is 11.7 Å². The maximum atomic E-state index is 12.4. The highest BCUT2D eigenvalue weighted by Crippen LogP contribution is 2.28. The van der Waals surface area contributed by atoms with Crippen LogP contribution in [0.15, 0.2) is 36.4 Å². The minimum Gasteiger partial charge on any atom is -0.507 e. The number of phenols is 1. The van der Waals surface area contributed by atoms with E-state index >= 15 is 0 Å². The number of rotatable bonds is 3. The molecule has 1 amide bonds. The summed E-state index contributed by atoms with van der Waals surface area (Å²) >= 11 is 0. The summed E-state index contributed by atoms with van der Waals surface area (Å²) in [6.07, 6.45) is 0. The normalized spacial score (nSPS) is 10.7. The lowest BCUT2D eigenvalue weighted by Crippen LogP contribution is -2.15. The largest absolute Gasteiger partial charge is 0.507 e. The monoisotopic (exact) mass is 283 g/mol. The van der Waals surface area contributed by atoms with E-state index in [1.165, 1.54) is 0 Å². The third kappa shape index (κ3) is 3.24. The van der Waals surface area contributed by atoms with Gasteiger partial charge in [-0.3, -0.25) is 4.79 Å². The Kier molecular flexibility index (Phi) is 4.32. The number of hydrogen-bond acceptors (Lipinski definition) is 2. The van der Waals surface area contributed by atoms with Crippen LogP contribution in [0.1, 0.15) is 46.8 Å². The van der Waals surface area contributed by atoms with Crippen LogP contribution in [-0.4, -0.2) is 11.0 Å². The molecular formula is C18H21NO2. The summed E-state index contributed by atoms with van der Waals surface area (Å²) in [6, 6.07) is 11.0. The maximum absolute atomic E-state index is 12.4. The Morgan fingerprint density at radius 2 is 1.86 bits per heavy atom. The molecule has 2 N–H and O–H groups in total. The van der Waals surface area contributed by atoms with Crippen LogP contribution in [0.5, 0.6) is 5.75 Å². The van der Waals surface area contributed by atoms with Gasteiger partial charge < -0.3 is 10.4 Å². The lowest BCUT2D eigenvalue weighted by atomic mass is 9.98. The van der Waals surface area contributed by atoms with Crippen molar-refractivity contribution in [3.05, 3.63) is 58.7 Å². The molecule has 0 aliphatic rings. The number of benzene rings is 2. The van der Waals surface area contributed by atoms with E-state index < -0.39 is 0 Å². The number of carbonyl (C=O) groups excluding carboxylic acids is 1. The van der Waals surface area contributed by atoms with Crippen LogP contribution in [0, 0.1) is 13.8 Å². The van der Waals surface area contributed by atoms with Gasteiger partial charge in [0.15, 0.2) is 0 Å². The van der Waals surface area contributed by atoms with E-state index in [4.69, 9.17) is 0 Å². The Bertz CT molecular complexity index is 675. The van der Waals surface area contributed by atoms with Crippen LogP contribution < -0.4 is 5.32 Å². The molecule has 0 spiro atoms. The molecule has 0 fully saturated rings. The van der Waals surface area contributed by atoms with E-state index in [0.717, 1.165) is 22.4 Å². The van der Waals surface area contributed by atoms with Crippen molar-refractivity contribution in [2.24, 2.45) is 0 Å². The molecule has 0 bridgehead atoms. The number of carbonyl (C=O) groups is 1. The molecule has 3 heteroatoms. The summed E-state index contributed by atoms with van der Waals surface area (Å²) in [4.78, 5) is 12.4. The molecule has 0 aromatic heterocycles. The predicted molar refractivity (Wildman–Crippen MR) is 86.1 cm³/mol. The van der Waals surface area contributed by atoms with Gasteiger partial charge >= 0.3 is 0 Å². The smallest absolute Gasteiger partial charge is 0.259 e.